The summed E-state index contributed by atoms with van der Waals surface area (Å²) in [7, 11) is 0. The van der Waals surface area contributed by atoms with Crippen LogP contribution in [0.5, 0.6) is 0 Å². The van der Waals surface area contributed by atoms with E-state index in [9.17, 15) is 9.18 Å². The van der Waals surface area contributed by atoms with E-state index < -0.39 is 12.2 Å². The Hall–Kier alpha value is -1.15. The van der Waals surface area contributed by atoms with Gasteiger partial charge in [0.1, 0.15) is 12.2 Å². The summed E-state index contributed by atoms with van der Waals surface area (Å²) in [6, 6.07) is 1.41. The third-order valence-corrected chi connectivity index (χ3v) is 5.32. The number of nitrogens with one attached hydrogen (secondary N) is 1. The smallest absolute Gasteiger partial charge is 0.237 e. The van der Waals surface area contributed by atoms with E-state index in [1.165, 1.54) is 4.90 Å². The number of likely N-dealkylation sites (tertiary alicyclic amines) is 1. The van der Waals surface area contributed by atoms with Gasteiger partial charge in [-0.3, -0.25) is 4.79 Å². The SMILES string of the molecule is CC1(C)CCC[C@]1(C)NCC(=O)N1C[C@@H](F)C[C@H]1C#N. The Morgan fingerprint density at radius 2 is 2.15 bits per heavy atom. The van der Waals surface area contributed by atoms with E-state index in [0.29, 0.717) is 0 Å². The molecule has 0 unspecified atom stereocenters. The van der Waals surface area contributed by atoms with E-state index in [2.05, 4.69) is 26.1 Å². The summed E-state index contributed by atoms with van der Waals surface area (Å²) in [5.41, 5.74) is 0.0786. The molecule has 0 aromatic rings. The van der Waals surface area contributed by atoms with Crippen LogP contribution in [0.2, 0.25) is 0 Å². The molecule has 1 saturated carbocycles. The number of amides is 1. The van der Waals surface area contributed by atoms with Gasteiger partial charge in [0.2, 0.25) is 5.91 Å². The Kier molecular flexibility index (Phi) is 4.06. The number of alkyl halides is 1. The second kappa shape index (κ2) is 5.33. The van der Waals surface area contributed by atoms with Gasteiger partial charge in [-0.25, -0.2) is 4.39 Å². The second-order valence-corrected chi connectivity index (χ2v) is 6.95. The first-order valence-corrected chi connectivity index (χ1v) is 7.37. The second-order valence-electron chi connectivity index (χ2n) is 6.95. The van der Waals surface area contributed by atoms with Gasteiger partial charge in [0.25, 0.3) is 0 Å². The highest BCUT2D eigenvalue weighted by atomic mass is 19.1. The standard InChI is InChI=1S/C15H24FN3O/c1-14(2)5-4-6-15(14,3)18-9-13(20)19-10-11(16)7-12(19)8-17/h11-12,18H,4-7,9-10H2,1-3H3/t11-,12-,15-/m0/s1. The number of nitriles is 1. The van der Waals surface area contributed by atoms with Crippen LogP contribution >= 0.6 is 0 Å². The molecule has 0 spiro atoms. The largest absolute Gasteiger partial charge is 0.323 e. The molecule has 0 bridgehead atoms. The highest BCUT2D eigenvalue weighted by Crippen LogP contribution is 2.45. The number of nitrogens with zero attached hydrogens (tertiary/aromatic N) is 2. The Balaban J connectivity index is 1.94. The van der Waals surface area contributed by atoms with Crippen LogP contribution in [-0.2, 0) is 4.79 Å². The molecular formula is C15H24FN3O. The Bertz CT molecular complexity index is 431. The van der Waals surface area contributed by atoms with Crippen LogP contribution in [0.3, 0.4) is 0 Å². The average molecular weight is 281 g/mol. The number of halogens is 1. The number of rotatable bonds is 3. The van der Waals surface area contributed by atoms with Crippen LogP contribution in [-0.4, -0.2) is 41.6 Å². The van der Waals surface area contributed by atoms with Crippen molar-refractivity contribution in [1.29, 1.82) is 5.26 Å². The van der Waals surface area contributed by atoms with E-state index in [1.807, 2.05) is 6.07 Å². The molecule has 1 heterocycles. The van der Waals surface area contributed by atoms with Crippen LogP contribution in [0.25, 0.3) is 0 Å². The molecule has 1 aliphatic carbocycles. The van der Waals surface area contributed by atoms with Gasteiger partial charge in [-0.2, -0.15) is 5.26 Å². The van der Waals surface area contributed by atoms with Crippen molar-refractivity contribution in [3.8, 4) is 6.07 Å². The zero-order valence-corrected chi connectivity index (χ0v) is 12.6. The van der Waals surface area contributed by atoms with Crippen molar-refractivity contribution in [3.63, 3.8) is 0 Å². The summed E-state index contributed by atoms with van der Waals surface area (Å²) in [6.45, 7) is 6.81. The molecule has 0 radical (unpaired) electrons. The van der Waals surface area contributed by atoms with Gasteiger partial charge in [-0.05, 0) is 25.2 Å². The maximum atomic E-state index is 13.3. The molecule has 20 heavy (non-hydrogen) atoms. The molecule has 0 aromatic heterocycles. The van der Waals surface area contributed by atoms with E-state index in [0.717, 1.165) is 19.3 Å². The lowest BCUT2D eigenvalue weighted by Crippen LogP contribution is -2.54. The fourth-order valence-electron chi connectivity index (χ4n) is 3.38. The monoisotopic (exact) mass is 281 g/mol. The molecule has 3 atom stereocenters. The number of carbonyl (C=O) groups excluding carboxylic acids is 1. The fraction of sp³-hybridized carbons (Fsp3) is 0.867. The third kappa shape index (κ3) is 2.67. The van der Waals surface area contributed by atoms with Gasteiger partial charge in [-0.15, -0.1) is 0 Å². The summed E-state index contributed by atoms with van der Waals surface area (Å²) in [6.07, 6.45) is 2.41. The first-order valence-electron chi connectivity index (χ1n) is 7.37. The fourth-order valence-corrected chi connectivity index (χ4v) is 3.38. The van der Waals surface area contributed by atoms with Crippen LogP contribution in [0, 0.1) is 16.7 Å². The van der Waals surface area contributed by atoms with E-state index >= 15 is 0 Å². The lowest BCUT2D eigenvalue weighted by atomic mass is 9.76. The Morgan fingerprint density at radius 1 is 1.45 bits per heavy atom. The van der Waals surface area contributed by atoms with E-state index in [4.69, 9.17) is 5.26 Å². The minimum absolute atomic E-state index is 0.0544. The van der Waals surface area contributed by atoms with Crippen molar-refractivity contribution in [2.24, 2.45) is 5.41 Å². The summed E-state index contributed by atoms with van der Waals surface area (Å²) in [5, 5.41) is 12.3. The van der Waals surface area contributed by atoms with Crippen LogP contribution in [0.15, 0.2) is 0 Å². The van der Waals surface area contributed by atoms with E-state index in [-0.39, 0.29) is 36.4 Å². The predicted molar refractivity (Wildman–Crippen MR) is 74.7 cm³/mol. The molecule has 112 valence electrons. The topological polar surface area (TPSA) is 56.1 Å². The highest BCUT2D eigenvalue weighted by Gasteiger charge is 2.45. The maximum Gasteiger partial charge on any atom is 0.237 e. The van der Waals surface area contributed by atoms with Crippen molar-refractivity contribution in [2.45, 2.75) is 64.2 Å². The van der Waals surface area contributed by atoms with Crippen LogP contribution in [0.4, 0.5) is 4.39 Å². The number of hydrogen-bond donors (Lipinski definition) is 1. The maximum absolute atomic E-state index is 13.3. The Morgan fingerprint density at radius 3 is 2.70 bits per heavy atom. The Labute approximate surface area is 120 Å². The van der Waals surface area contributed by atoms with Crippen LogP contribution < -0.4 is 5.32 Å². The van der Waals surface area contributed by atoms with Gasteiger partial charge in [-0.1, -0.05) is 20.3 Å². The molecule has 2 fully saturated rings. The van der Waals surface area contributed by atoms with Crippen molar-refractivity contribution in [3.05, 3.63) is 0 Å². The molecule has 0 aromatic carbocycles. The molecule has 2 aliphatic rings. The third-order valence-electron chi connectivity index (χ3n) is 5.32. The number of hydrogen-bond acceptors (Lipinski definition) is 3. The van der Waals surface area contributed by atoms with Gasteiger partial charge >= 0.3 is 0 Å². The molecule has 1 amide bonds. The first kappa shape index (κ1) is 15.2. The minimum Gasteiger partial charge on any atom is -0.323 e. The molecule has 2 rings (SSSR count). The van der Waals surface area contributed by atoms with Crippen molar-refractivity contribution >= 4 is 5.91 Å². The summed E-state index contributed by atoms with van der Waals surface area (Å²) >= 11 is 0. The average Bonchev–Trinajstić information content (AvgIpc) is 2.88. The lowest BCUT2D eigenvalue weighted by Gasteiger charge is -2.39. The van der Waals surface area contributed by atoms with Crippen LogP contribution in [0.1, 0.15) is 46.5 Å². The predicted octanol–water partition coefficient (Wildman–Crippen LogP) is 2.01. The van der Waals surface area contributed by atoms with Gasteiger partial charge in [0.05, 0.1) is 19.2 Å². The zero-order valence-electron chi connectivity index (χ0n) is 12.6. The molecule has 4 nitrogen and oxygen atoms in total. The molecular weight excluding hydrogens is 257 g/mol. The summed E-state index contributed by atoms with van der Waals surface area (Å²) in [5.74, 6) is -0.166. The van der Waals surface area contributed by atoms with Crippen molar-refractivity contribution < 1.29 is 9.18 Å². The molecule has 5 heteroatoms. The quantitative estimate of drug-likeness (QED) is 0.861. The van der Waals surface area contributed by atoms with Gasteiger partial charge in [0.15, 0.2) is 0 Å². The summed E-state index contributed by atoms with van der Waals surface area (Å²) < 4.78 is 13.3. The first-order chi connectivity index (χ1) is 9.29. The lowest BCUT2D eigenvalue weighted by molar-refractivity contribution is -0.131. The summed E-state index contributed by atoms with van der Waals surface area (Å²) in [4.78, 5) is 13.6. The normalized spacial score (nSPS) is 36.0. The molecule has 1 aliphatic heterocycles. The number of carbonyl (C=O) groups is 1. The van der Waals surface area contributed by atoms with Gasteiger partial charge < -0.3 is 10.2 Å². The molecule has 1 saturated heterocycles. The molecule has 1 N–H and O–H groups in total. The van der Waals surface area contributed by atoms with E-state index in [1.54, 1.807) is 0 Å². The highest BCUT2D eigenvalue weighted by molar-refractivity contribution is 5.79. The minimum atomic E-state index is -1.07. The van der Waals surface area contributed by atoms with Crippen molar-refractivity contribution in [2.75, 3.05) is 13.1 Å². The zero-order chi connectivity index (χ0) is 15.0. The van der Waals surface area contributed by atoms with Crippen molar-refractivity contribution in [1.82, 2.24) is 10.2 Å². The van der Waals surface area contributed by atoms with Gasteiger partial charge in [0, 0.05) is 12.0 Å².